The zero-order chi connectivity index (χ0) is 6.85. The third-order valence-electron chi connectivity index (χ3n) is 1.38. The minimum absolute atomic E-state index is 0.0405. The summed E-state index contributed by atoms with van der Waals surface area (Å²) >= 11 is 0. The van der Waals surface area contributed by atoms with E-state index in [1.807, 2.05) is 13.8 Å². The fraction of sp³-hybridized carbons (Fsp3) is 1.00. The Labute approximate surface area is 54.5 Å². The normalized spacial score (nSPS) is 39.0. The molecular weight excluding hydrogens is 121 g/mol. The van der Waals surface area contributed by atoms with Crippen LogP contribution in [0.3, 0.4) is 0 Å². The minimum Gasteiger partial charge on any atom is -0.373 e. The molecule has 2 nitrogen and oxygen atoms in total. The highest BCUT2D eigenvalue weighted by atomic mass is 19.2. The SMILES string of the molecule is CC1CN(F)C[C@@H](C)O1. The molecule has 0 N–H and O–H groups in total. The Kier molecular flexibility index (Phi) is 2.03. The molecule has 1 rings (SSSR count). The monoisotopic (exact) mass is 133 g/mol. The maximum atomic E-state index is 12.4. The standard InChI is InChI=1S/C6H12FNO/c1-5-3-8(7)4-6(2)9-5/h5-6H,3-4H2,1-2H3/t5-,6?/m1/s1. The van der Waals surface area contributed by atoms with Crippen LogP contribution in [0.4, 0.5) is 4.48 Å². The van der Waals surface area contributed by atoms with Crippen LogP contribution in [-0.4, -0.2) is 30.4 Å². The zero-order valence-corrected chi connectivity index (χ0v) is 5.80. The fourth-order valence-corrected chi connectivity index (χ4v) is 1.12. The highest BCUT2D eigenvalue weighted by Gasteiger charge is 2.21. The number of nitrogens with zero attached hydrogens (tertiary/aromatic N) is 1. The summed E-state index contributed by atoms with van der Waals surface area (Å²) in [5.74, 6) is 0. The van der Waals surface area contributed by atoms with E-state index in [0.717, 1.165) is 5.12 Å². The van der Waals surface area contributed by atoms with Crippen LogP contribution in [-0.2, 0) is 4.74 Å². The van der Waals surface area contributed by atoms with E-state index < -0.39 is 0 Å². The van der Waals surface area contributed by atoms with E-state index >= 15 is 0 Å². The molecule has 1 aliphatic heterocycles. The van der Waals surface area contributed by atoms with Gasteiger partial charge in [-0.15, -0.1) is 9.60 Å². The van der Waals surface area contributed by atoms with Crippen LogP contribution in [0.5, 0.6) is 0 Å². The smallest absolute Gasteiger partial charge is 0.0704 e. The summed E-state index contributed by atoms with van der Waals surface area (Å²) in [4.78, 5) is 0. The van der Waals surface area contributed by atoms with E-state index in [0.29, 0.717) is 13.1 Å². The Morgan fingerprint density at radius 3 is 2.11 bits per heavy atom. The lowest BCUT2D eigenvalue weighted by Gasteiger charge is -2.29. The number of hydrogen-bond donors (Lipinski definition) is 0. The summed E-state index contributed by atoms with van der Waals surface area (Å²) in [7, 11) is 0. The predicted octanol–water partition coefficient (Wildman–Crippen LogP) is 0.980. The lowest BCUT2D eigenvalue weighted by atomic mass is 10.3. The van der Waals surface area contributed by atoms with Gasteiger partial charge in [-0.3, -0.25) is 0 Å². The number of morpholine rings is 1. The van der Waals surface area contributed by atoms with Gasteiger partial charge in [0.05, 0.1) is 25.3 Å². The van der Waals surface area contributed by atoms with Crippen molar-refractivity contribution in [3.8, 4) is 0 Å². The summed E-state index contributed by atoms with van der Waals surface area (Å²) in [5.41, 5.74) is 0. The maximum Gasteiger partial charge on any atom is 0.0704 e. The van der Waals surface area contributed by atoms with Crippen molar-refractivity contribution in [2.24, 2.45) is 0 Å². The minimum atomic E-state index is 0.0405. The quantitative estimate of drug-likeness (QED) is 0.457. The molecule has 2 atom stereocenters. The van der Waals surface area contributed by atoms with Crippen LogP contribution in [0, 0.1) is 0 Å². The zero-order valence-electron chi connectivity index (χ0n) is 5.80. The highest BCUT2D eigenvalue weighted by Crippen LogP contribution is 2.09. The van der Waals surface area contributed by atoms with Crippen LogP contribution in [0.25, 0.3) is 0 Å². The summed E-state index contributed by atoms with van der Waals surface area (Å²) < 4.78 is 17.7. The second-order valence-corrected chi connectivity index (χ2v) is 2.59. The van der Waals surface area contributed by atoms with Gasteiger partial charge in [-0.05, 0) is 13.8 Å². The van der Waals surface area contributed by atoms with Crippen molar-refractivity contribution in [3.05, 3.63) is 0 Å². The van der Waals surface area contributed by atoms with E-state index in [4.69, 9.17) is 4.74 Å². The molecule has 1 heterocycles. The van der Waals surface area contributed by atoms with Crippen molar-refractivity contribution >= 4 is 0 Å². The number of hydrogen-bond acceptors (Lipinski definition) is 2. The van der Waals surface area contributed by atoms with E-state index in [-0.39, 0.29) is 12.2 Å². The molecular formula is C6H12FNO. The lowest BCUT2D eigenvalue weighted by molar-refractivity contribution is -0.134. The van der Waals surface area contributed by atoms with E-state index in [2.05, 4.69) is 0 Å². The number of rotatable bonds is 0. The molecule has 0 aliphatic carbocycles. The van der Waals surface area contributed by atoms with Gasteiger partial charge in [0.2, 0.25) is 0 Å². The Morgan fingerprint density at radius 2 is 1.78 bits per heavy atom. The average Bonchev–Trinajstić information content (AvgIpc) is 1.59. The molecule has 1 unspecified atom stereocenters. The molecule has 0 saturated carbocycles. The lowest BCUT2D eigenvalue weighted by Crippen LogP contribution is -2.40. The van der Waals surface area contributed by atoms with Gasteiger partial charge in [0.1, 0.15) is 0 Å². The Bertz CT molecular complexity index is 74.0. The van der Waals surface area contributed by atoms with Crippen molar-refractivity contribution in [2.75, 3.05) is 13.1 Å². The maximum absolute atomic E-state index is 12.4. The molecule has 0 radical (unpaired) electrons. The van der Waals surface area contributed by atoms with Gasteiger partial charge in [0.25, 0.3) is 0 Å². The molecule has 3 heteroatoms. The first-order chi connectivity index (χ1) is 4.18. The van der Waals surface area contributed by atoms with Crippen LogP contribution in [0.2, 0.25) is 0 Å². The average molecular weight is 133 g/mol. The van der Waals surface area contributed by atoms with Crippen LogP contribution in [0.15, 0.2) is 0 Å². The first-order valence-corrected chi connectivity index (χ1v) is 3.24. The largest absolute Gasteiger partial charge is 0.373 e. The Balaban J connectivity index is 2.34. The highest BCUT2D eigenvalue weighted by molar-refractivity contribution is 4.66. The van der Waals surface area contributed by atoms with Gasteiger partial charge in [-0.1, -0.05) is 0 Å². The van der Waals surface area contributed by atoms with Gasteiger partial charge in [0, 0.05) is 0 Å². The molecule has 54 valence electrons. The molecule has 1 aliphatic rings. The van der Waals surface area contributed by atoms with Crippen molar-refractivity contribution in [2.45, 2.75) is 26.1 Å². The third kappa shape index (κ3) is 1.91. The molecule has 0 aromatic heterocycles. The molecule has 0 aromatic carbocycles. The second kappa shape index (κ2) is 2.62. The first-order valence-electron chi connectivity index (χ1n) is 3.24. The van der Waals surface area contributed by atoms with E-state index in [1.54, 1.807) is 0 Å². The van der Waals surface area contributed by atoms with Crippen molar-refractivity contribution < 1.29 is 9.22 Å². The summed E-state index contributed by atoms with van der Waals surface area (Å²) in [6.45, 7) is 4.57. The third-order valence-corrected chi connectivity index (χ3v) is 1.38. The van der Waals surface area contributed by atoms with Crippen LogP contribution in [0.1, 0.15) is 13.8 Å². The predicted molar refractivity (Wildman–Crippen MR) is 32.7 cm³/mol. The molecule has 0 amide bonds. The second-order valence-electron chi connectivity index (χ2n) is 2.59. The fourth-order valence-electron chi connectivity index (χ4n) is 1.12. The van der Waals surface area contributed by atoms with Crippen molar-refractivity contribution in [3.63, 3.8) is 0 Å². The molecule has 0 bridgehead atoms. The number of ether oxygens (including phenoxy) is 1. The topological polar surface area (TPSA) is 12.5 Å². The van der Waals surface area contributed by atoms with E-state index in [9.17, 15) is 4.48 Å². The van der Waals surface area contributed by atoms with Crippen molar-refractivity contribution in [1.82, 2.24) is 5.12 Å². The van der Waals surface area contributed by atoms with Gasteiger partial charge >= 0.3 is 0 Å². The van der Waals surface area contributed by atoms with Crippen LogP contribution < -0.4 is 0 Å². The first kappa shape index (κ1) is 6.96. The Hall–Kier alpha value is -0.150. The van der Waals surface area contributed by atoms with Crippen LogP contribution >= 0.6 is 0 Å². The number of halogens is 1. The summed E-state index contributed by atoms with van der Waals surface area (Å²) in [6.07, 6.45) is 0.0810. The van der Waals surface area contributed by atoms with Gasteiger partial charge in [-0.25, -0.2) is 0 Å². The molecule has 1 saturated heterocycles. The van der Waals surface area contributed by atoms with E-state index in [1.165, 1.54) is 0 Å². The summed E-state index contributed by atoms with van der Waals surface area (Å²) in [6, 6.07) is 0. The Morgan fingerprint density at radius 1 is 1.33 bits per heavy atom. The van der Waals surface area contributed by atoms with Gasteiger partial charge in [0.15, 0.2) is 0 Å². The molecule has 0 spiro atoms. The molecule has 9 heavy (non-hydrogen) atoms. The van der Waals surface area contributed by atoms with Gasteiger partial charge in [-0.2, -0.15) is 0 Å². The molecule has 1 fully saturated rings. The molecule has 0 aromatic rings. The van der Waals surface area contributed by atoms with Crippen molar-refractivity contribution in [1.29, 1.82) is 0 Å². The summed E-state index contributed by atoms with van der Waals surface area (Å²) in [5, 5.41) is 0.804. The van der Waals surface area contributed by atoms with Gasteiger partial charge < -0.3 is 4.74 Å².